The molecule has 2 rings (SSSR count). The molecule has 1 aliphatic rings. The molecule has 0 aliphatic carbocycles. The van der Waals surface area contributed by atoms with Gasteiger partial charge in [0.2, 0.25) is 0 Å². The van der Waals surface area contributed by atoms with Gasteiger partial charge in [-0.3, -0.25) is 4.90 Å². The molecule has 1 aromatic carbocycles. The van der Waals surface area contributed by atoms with Crippen molar-refractivity contribution in [1.29, 1.82) is 0 Å². The van der Waals surface area contributed by atoms with Crippen LogP contribution in [0.3, 0.4) is 0 Å². The van der Waals surface area contributed by atoms with Crippen molar-refractivity contribution < 1.29 is 0 Å². The van der Waals surface area contributed by atoms with Gasteiger partial charge >= 0.3 is 0 Å². The van der Waals surface area contributed by atoms with Crippen molar-refractivity contribution in [2.45, 2.75) is 30.6 Å². The summed E-state index contributed by atoms with van der Waals surface area (Å²) in [6, 6.07) is 10.7. The van der Waals surface area contributed by atoms with E-state index in [2.05, 4.69) is 58.1 Å². The van der Waals surface area contributed by atoms with Gasteiger partial charge in [0.05, 0.1) is 0 Å². The maximum Gasteiger partial charge on any atom is 0.0357 e. The Hall–Kier alpha value is -0.340. The first-order valence-corrected chi connectivity index (χ1v) is 6.40. The molecule has 0 saturated carbocycles. The van der Waals surface area contributed by atoms with Crippen molar-refractivity contribution >= 4 is 15.9 Å². The van der Waals surface area contributed by atoms with Crippen molar-refractivity contribution in [3.05, 3.63) is 35.9 Å². The lowest BCUT2D eigenvalue weighted by atomic mass is 9.99. The number of rotatable bonds is 2. The molecular weight excluding hydrogens is 250 g/mol. The summed E-state index contributed by atoms with van der Waals surface area (Å²) in [5.41, 5.74) is 1.42. The highest BCUT2D eigenvalue weighted by Crippen LogP contribution is 2.29. The first kappa shape index (κ1) is 11.2. The van der Waals surface area contributed by atoms with E-state index in [1.807, 2.05) is 0 Å². The lowest BCUT2D eigenvalue weighted by molar-refractivity contribution is 0.196. The van der Waals surface area contributed by atoms with Gasteiger partial charge in [-0.1, -0.05) is 46.3 Å². The maximum absolute atomic E-state index is 3.80. The molecule has 0 radical (unpaired) electrons. The molecule has 1 aromatic rings. The predicted molar refractivity (Wildman–Crippen MR) is 68.3 cm³/mol. The number of piperidine rings is 1. The van der Waals surface area contributed by atoms with Crippen LogP contribution in [-0.2, 0) is 6.54 Å². The molecule has 1 atom stereocenters. The molecule has 0 aromatic heterocycles. The monoisotopic (exact) mass is 267 g/mol. The largest absolute Gasteiger partial charge is 0.298 e. The Morgan fingerprint density at radius 1 is 1.33 bits per heavy atom. The molecular formula is C13H18BrN. The van der Waals surface area contributed by atoms with E-state index in [4.69, 9.17) is 0 Å². The van der Waals surface area contributed by atoms with Gasteiger partial charge in [-0.25, -0.2) is 0 Å². The Labute approximate surface area is 101 Å². The van der Waals surface area contributed by atoms with Crippen LogP contribution in [0, 0.1) is 0 Å². The Morgan fingerprint density at radius 3 is 2.73 bits per heavy atom. The number of nitrogens with zero attached hydrogens (tertiary/aromatic N) is 1. The minimum absolute atomic E-state index is 0.319. The SMILES string of the molecule is C[C@]1(Br)CCCN(Cc2ccccc2)C1. The predicted octanol–water partition coefficient (Wildman–Crippen LogP) is 3.44. The molecule has 0 N–H and O–H groups in total. The third kappa shape index (κ3) is 3.32. The molecule has 1 heterocycles. The summed E-state index contributed by atoms with van der Waals surface area (Å²) in [5, 5.41) is 0. The third-order valence-corrected chi connectivity index (χ3v) is 3.62. The molecule has 0 amide bonds. The summed E-state index contributed by atoms with van der Waals surface area (Å²) in [6.45, 7) is 5.77. The summed E-state index contributed by atoms with van der Waals surface area (Å²) >= 11 is 3.80. The Kier molecular flexibility index (Phi) is 3.47. The highest BCUT2D eigenvalue weighted by molar-refractivity contribution is 9.10. The van der Waals surface area contributed by atoms with E-state index in [1.54, 1.807) is 0 Å². The molecule has 0 bridgehead atoms. The number of hydrogen-bond acceptors (Lipinski definition) is 1. The molecule has 0 spiro atoms. The highest BCUT2D eigenvalue weighted by atomic mass is 79.9. The van der Waals surface area contributed by atoms with Gasteiger partial charge in [-0.15, -0.1) is 0 Å². The highest BCUT2D eigenvalue weighted by Gasteiger charge is 2.27. The number of likely N-dealkylation sites (tertiary alicyclic amines) is 1. The molecule has 15 heavy (non-hydrogen) atoms. The zero-order valence-electron chi connectivity index (χ0n) is 9.25. The van der Waals surface area contributed by atoms with E-state index < -0.39 is 0 Å². The summed E-state index contributed by atoms with van der Waals surface area (Å²) in [7, 11) is 0. The van der Waals surface area contributed by atoms with Crippen LogP contribution in [0.1, 0.15) is 25.3 Å². The van der Waals surface area contributed by atoms with E-state index in [0.29, 0.717) is 4.32 Å². The van der Waals surface area contributed by atoms with E-state index >= 15 is 0 Å². The lowest BCUT2D eigenvalue weighted by Crippen LogP contribution is -2.41. The molecule has 82 valence electrons. The molecule has 1 fully saturated rings. The van der Waals surface area contributed by atoms with Crippen LogP contribution < -0.4 is 0 Å². The van der Waals surface area contributed by atoms with Gasteiger partial charge < -0.3 is 0 Å². The Bertz CT molecular complexity index is 308. The first-order valence-electron chi connectivity index (χ1n) is 5.61. The van der Waals surface area contributed by atoms with E-state index in [1.165, 1.54) is 24.9 Å². The number of benzene rings is 1. The topological polar surface area (TPSA) is 3.24 Å². The van der Waals surface area contributed by atoms with Crippen molar-refractivity contribution in [3.63, 3.8) is 0 Å². The van der Waals surface area contributed by atoms with Crippen LogP contribution in [0.4, 0.5) is 0 Å². The van der Waals surface area contributed by atoms with Gasteiger partial charge in [0.25, 0.3) is 0 Å². The molecule has 1 nitrogen and oxygen atoms in total. The normalized spacial score (nSPS) is 27.9. The maximum atomic E-state index is 3.80. The third-order valence-electron chi connectivity index (χ3n) is 2.97. The summed E-state index contributed by atoms with van der Waals surface area (Å²) in [4.78, 5) is 2.54. The second-order valence-corrected chi connectivity index (χ2v) is 6.63. The molecule has 1 aliphatic heterocycles. The van der Waals surface area contributed by atoms with Crippen molar-refractivity contribution in [3.8, 4) is 0 Å². The fourth-order valence-electron chi connectivity index (χ4n) is 2.27. The average Bonchev–Trinajstić information content (AvgIpc) is 2.17. The zero-order valence-corrected chi connectivity index (χ0v) is 10.8. The van der Waals surface area contributed by atoms with Crippen molar-refractivity contribution in [2.24, 2.45) is 0 Å². The standard InChI is InChI=1S/C13H18BrN/c1-13(14)8-5-9-15(11-13)10-12-6-3-2-4-7-12/h2-4,6-7H,5,8-11H2,1H3/t13-/m0/s1. The van der Waals surface area contributed by atoms with Crippen LogP contribution in [0.5, 0.6) is 0 Å². The van der Waals surface area contributed by atoms with Gasteiger partial charge in [-0.2, -0.15) is 0 Å². The van der Waals surface area contributed by atoms with Gasteiger partial charge in [0.15, 0.2) is 0 Å². The second-order valence-electron chi connectivity index (χ2n) is 4.71. The lowest BCUT2D eigenvalue weighted by Gasteiger charge is -2.36. The van der Waals surface area contributed by atoms with Crippen LogP contribution in [0.2, 0.25) is 0 Å². The van der Waals surface area contributed by atoms with Gasteiger partial charge in [-0.05, 0) is 31.9 Å². The quantitative estimate of drug-likeness (QED) is 0.743. The van der Waals surface area contributed by atoms with Gasteiger partial charge in [0, 0.05) is 17.4 Å². The van der Waals surface area contributed by atoms with Gasteiger partial charge in [0.1, 0.15) is 0 Å². The summed E-state index contributed by atoms with van der Waals surface area (Å²) < 4.78 is 0.319. The van der Waals surface area contributed by atoms with Crippen LogP contribution in [0.15, 0.2) is 30.3 Å². The Balaban J connectivity index is 1.95. The number of hydrogen-bond donors (Lipinski definition) is 0. The van der Waals surface area contributed by atoms with Crippen molar-refractivity contribution in [2.75, 3.05) is 13.1 Å². The minimum atomic E-state index is 0.319. The Morgan fingerprint density at radius 2 is 2.07 bits per heavy atom. The van der Waals surface area contributed by atoms with E-state index in [9.17, 15) is 0 Å². The average molecular weight is 268 g/mol. The smallest absolute Gasteiger partial charge is 0.0357 e. The fraction of sp³-hybridized carbons (Fsp3) is 0.538. The van der Waals surface area contributed by atoms with Crippen LogP contribution in [0.25, 0.3) is 0 Å². The first-order chi connectivity index (χ1) is 7.16. The van der Waals surface area contributed by atoms with E-state index in [-0.39, 0.29) is 0 Å². The van der Waals surface area contributed by atoms with Crippen LogP contribution in [-0.4, -0.2) is 22.3 Å². The second kappa shape index (κ2) is 4.67. The molecule has 1 saturated heterocycles. The summed E-state index contributed by atoms with van der Waals surface area (Å²) in [5.74, 6) is 0. The summed E-state index contributed by atoms with van der Waals surface area (Å²) in [6.07, 6.45) is 2.59. The molecule has 2 heteroatoms. The fourth-order valence-corrected chi connectivity index (χ4v) is 2.91. The zero-order chi connectivity index (χ0) is 10.7. The van der Waals surface area contributed by atoms with Crippen LogP contribution >= 0.6 is 15.9 Å². The van der Waals surface area contributed by atoms with E-state index in [0.717, 1.165) is 13.1 Å². The molecule has 0 unspecified atom stereocenters. The number of halogens is 1. The minimum Gasteiger partial charge on any atom is -0.298 e. The van der Waals surface area contributed by atoms with Crippen molar-refractivity contribution in [1.82, 2.24) is 4.90 Å². The number of alkyl halides is 1.